The van der Waals surface area contributed by atoms with E-state index in [2.05, 4.69) is 5.32 Å². The van der Waals surface area contributed by atoms with Gasteiger partial charge in [-0.1, -0.05) is 6.92 Å². The Morgan fingerprint density at radius 2 is 2.13 bits per heavy atom. The number of carboxylic acid groups (broad SMARTS) is 1. The topological polar surface area (TPSA) is 86.6 Å². The number of aliphatic hydroxyl groups excluding tert-OH is 1. The van der Waals surface area contributed by atoms with Crippen molar-refractivity contribution in [1.82, 2.24) is 5.32 Å². The zero-order valence-electron chi connectivity index (χ0n) is 8.77. The Morgan fingerprint density at radius 3 is 2.53 bits per heavy atom. The van der Waals surface area contributed by atoms with Gasteiger partial charge in [0.1, 0.15) is 0 Å². The van der Waals surface area contributed by atoms with E-state index in [-0.39, 0.29) is 24.5 Å². The minimum absolute atomic E-state index is 0.0335. The van der Waals surface area contributed by atoms with Gasteiger partial charge < -0.3 is 15.5 Å². The molecule has 3 atom stereocenters. The molecule has 1 amide bonds. The molecule has 0 aliphatic heterocycles. The van der Waals surface area contributed by atoms with E-state index in [1.54, 1.807) is 0 Å². The van der Waals surface area contributed by atoms with Crippen LogP contribution in [0.2, 0.25) is 0 Å². The van der Waals surface area contributed by atoms with Gasteiger partial charge in [-0.3, -0.25) is 9.59 Å². The molecule has 1 rings (SSSR count). The Hall–Kier alpha value is -1.10. The summed E-state index contributed by atoms with van der Waals surface area (Å²) < 4.78 is 0. The van der Waals surface area contributed by atoms with Gasteiger partial charge in [0.05, 0.1) is 11.8 Å². The van der Waals surface area contributed by atoms with Gasteiger partial charge in [-0.05, 0) is 19.3 Å². The van der Waals surface area contributed by atoms with Crippen molar-refractivity contribution in [3.63, 3.8) is 0 Å². The Balaban J connectivity index is 2.33. The smallest absolute Gasteiger partial charge is 0.307 e. The largest absolute Gasteiger partial charge is 0.481 e. The van der Waals surface area contributed by atoms with Gasteiger partial charge in [-0.15, -0.1) is 0 Å². The molecule has 1 saturated carbocycles. The number of hydrogen-bond donors (Lipinski definition) is 3. The Labute approximate surface area is 88.5 Å². The third-order valence-electron chi connectivity index (χ3n) is 2.76. The van der Waals surface area contributed by atoms with Crippen LogP contribution in [0, 0.1) is 11.8 Å². The molecule has 86 valence electrons. The summed E-state index contributed by atoms with van der Waals surface area (Å²) in [6.07, 6.45) is 1.71. The second-order valence-corrected chi connectivity index (χ2v) is 3.91. The molecule has 0 aromatic carbocycles. The van der Waals surface area contributed by atoms with Gasteiger partial charge in [0.25, 0.3) is 0 Å². The number of nitrogens with one attached hydrogen (secondary N) is 1. The highest BCUT2D eigenvalue weighted by molar-refractivity contribution is 5.89. The maximum atomic E-state index is 11.5. The zero-order chi connectivity index (χ0) is 11.4. The van der Waals surface area contributed by atoms with Crippen molar-refractivity contribution in [3.05, 3.63) is 0 Å². The average molecular weight is 215 g/mol. The van der Waals surface area contributed by atoms with Crippen molar-refractivity contribution < 1.29 is 19.8 Å². The summed E-state index contributed by atoms with van der Waals surface area (Å²) in [6, 6.07) is -0.0439. The predicted molar refractivity (Wildman–Crippen MR) is 53.2 cm³/mol. The SMILES string of the molecule is CCC(CCO)NC(=O)C1CC1C(=O)O. The van der Waals surface area contributed by atoms with Crippen molar-refractivity contribution in [1.29, 1.82) is 0 Å². The molecular weight excluding hydrogens is 198 g/mol. The Kier molecular flexibility index (Phi) is 4.08. The molecule has 5 nitrogen and oxygen atoms in total. The summed E-state index contributed by atoms with van der Waals surface area (Å²) in [5.41, 5.74) is 0. The van der Waals surface area contributed by atoms with Crippen molar-refractivity contribution in [2.75, 3.05) is 6.61 Å². The standard InChI is InChI=1S/C10H17NO4/c1-2-6(3-4-12)11-9(13)7-5-8(7)10(14)15/h6-8,12H,2-5H2,1H3,(H,11,13)(H,14,15). The predicted octanol–water partition coefficient (Wildman–Crippen LogP) is -0.0157. The van der Waals surface area contributed by atoms with Crippen molar-refractivity contribution in [3.8, 4) is 0 Å². The van der Waals surface area contributed by atoms with E-state index in [9.17, 15) is 9.59 Å². The molecule has 0 heterocycles. The number of aliphatic hydroxyl groups is 1. The summed E-state index contributed by atoms with van der Waals surface area (Å²) in [7, 11) is 0. The lowest BCUT2D eigenvalue weighted by molar-refractivity contribution is -0.140. The van der Waals surface area contributed by atoms with Gasteiger partial charge in [-0.25, -0.2) is 0 Å². The number of amides is 1. The van der Waals surface area contributed by atoms with Crippen molar-refractivity contribution in [2.45, 2.75) is 32.2 Å². The van der Waals surface area contributed by atoms with Crippen LogP contribution in [0.15, 0.2) is 0 Å². The number of hydrogen-bond acceptors (Lipinski definition) is 3. The van der Waals surface area contributed by atoms with Crippen LogP contribution in [0.3, 0.4) is 0 Å². The van der Waals surface area contributed by atoms with Gasteiger partial charge in [0.2, 0.25) is 5.91 Å². The summed E-state index contributed by atoms with van der Waals surface area (Å²) in [5, 5.41) is 20.1. The Bertz CT molecular complexity index is 254. The number of aliphatic carboxylic acids is 1. The number of carbonyl (C=O) groups excluding carboxylic acids is 1. The Morgan fingerprint density at radius 1 is 1.47 bits per heavy atom. The van der Waals surface area contributed by atoms with E-state index in [1.165, 1.54) is 0 Å². The highest BCUT2D eigenvalue weighted by Crippen LogP contribution is 2.38. The molecule has 5 heteroatoms. The second kappa shape index (κ2) is 5.11. The van der Waals surface area contributed by atoms with Gasteiger partial charge in [0, 0.05) is 12.6 Å². The van der Waals surface area contributed by atoms with Crippen LogP contribution in [-0.2, 0) is 9.59 Å². The fourth-order valence-electron chi connectivity index (χ4n) is 1.60. The van der Waals surface area contributed by atoms with E-state index in [0.29, 0.717) is 12.8 Å². The fraction of sp³-hybridized carbons (Fsp3) is 0.800. The van der Waals surface area contributed by atoms with Crippen LogP contribution in [0.4, 0.5) is 0 Å². The summed E-state index contributed by atoms with van der Waals surface area (Å²) in [5.74, 6) is -1.96. The molecule has 0 aromatic heterocycles. The van der Waals surface area contributed by atoms with Gasteiger partial charge in [-0.2, -0.15) is 0 Å². The molecule has 0 radical (unpaired) electrons. The van der Waals surface area contributed by atoms with E-state index in [4.69, 9.17) is 10.2 Å². The van der Waals surface area contributed by atoms with E-state index in [0.717, 1.165) is 6.42 Å². The maximum Gasteiger partial charge on any atom is 0.307 e. The molecule has 0 bridgehead atoms. The molecule has 0 aromatic rings. The molecule has 0 saturated heterocycles. The normalized spacial score (nSPS) is 25.7. The number of rotatable bonds is 6. The lowest BCUT2D eigenvalue weighted by Gasteiger charge is -2.15. The summed E-state index contributed by atoms with van der Waals surface area (Å²) in [6.45, 7) is 1.95. The molecule has 0 spiro atoms. The zero-order valence-corrected chi connectivity index (χ0v) is 8.77. The van der Waals surface area contributed by atoms with Crippen molar-refractivity contribution in [2.24, 2.45) is 11.8 Å². The first-order valence-corrected chi connectivity index (χ1v) is 5.24. The second-order valence-electron chi connectivity index (χ2n) is 3.91. The fourth-order valence-corrected chi connectivity index (χ4v) is 1.60. The van der Waals surface area contributed by atoms with Crippen LogP contribution in [-0.4, -0.2) is 34.7 Å². The van der Waals surface area contributed by atoms with Crippen LogP contribution in [0.5, 0.6) is 0 Å². The molecule has 15 heavy (non-hydrogen) atoms. The quantitative estimate of drug-likeness (QED) is 0.581. The number of carbonyl (C=O) groups is 2. The molecular formula is C10H17NO4. The third-order valence-corrected chi connectivity index (χ3v) is 2.76. The average Bonchev–Trinajstić information content (AvgIpc) is 2.96. The number of carboxylic acids is 1. The first-order valence-electron chi connectivity index (χ1n) is 5.24. The van der Waals surface area contributed by atoms with Gasteiger partial charge in [0.15, 0.2) is 0 Å². The summed E-state index contributed by atoms with van der Waals surface area (Å²) >= 11 is 0. The molecule has 1 fully saturated rings. The lowest BCUT2D eigenvalue weighted by Crippen LogP contribution is -2.36. The first-order chi connectivity index (χ1) is 7.10. The summed E-state index contributed by atoms with van der Waals surface area (Å²) in [4.78, 5) is 22.0. The minimum atomic E-state index is -0.898. The van der Waals surface area contributed by atoms with E-state index in [1.807, 2.05) is 6.92 Å². The van der Waals surface area contributed by atoms with Gasteiger partial charge >= 0.3 is 5.97 Å². The molecule has 3 N–H and O–H groups in total. The van der Waals surface area contributed by atoms with Crippen LogP contribution in [0.1, 0.15) is 26.2 Å². The van der Waals surface area contributed by atoms with Crippen LogP contribution < -0.4 is 5.32 Å². The maximum absolute atomic E-state index is 11.5. The van der Waals surface area contributed by atoms with Crippen LogP contribution in [0.25, 0.3) is 0 Å². The molecule has 1 aliphatic carbocycles. The van der Waals surface area contributed by atoms with E-state index >= 15 is 0 Å². The monoisotopic (exact) mass is 215 g/mol. The highest BCUT2D eigenvalue weighted by Gasteiger charge is 2.48. The lowest BCUT2D eigenvalue weighted by atomic mass is 10.1. The van der Waals surface area contributed by atoms with Crippen LogP contribution >= 0.6 is 0 Å². The minimum Gasteiger partial charge on any atom is -0.481 e. The highest BCUT2D eigenvalue weighted by atomic mass is 16.4. The first kappa shape index (κ1) is 12.0. The van der Waals surface area contributed by atoms with Crippen molar-refractivity contribution >= 4 is 11.9 Å². The third kappa shape index (κ3) is 3.20. The molecule has 1 aliphatic rings. The molecule has 3 unspecified atom stereocenters. The van der Waals surface area contributed by atoms with E-state index < -0.39 is 11.9 Å².